The standard InChI is InChI=1S/C7H9F7OS.C4H9I/c8-5(6(9,10)11,7(12,13)14)1-3-16-4-2-15;1-2-3-4-5/h15H,1-4H2;2-4H2,1H3. The van der Waals surface area contributed by atoms with Gasteiger partial charge in [-0.15, -0.1) is 0 Å². The van der Waals surface area contributed by atoms with Gasteiger partial charge in [0.2, 0.25) is 0 Å². The average Bonchev–Trinajstić information content (AvgIpc) is 2.33. The minimum absolute atomic E-state index is 0.0359. The Hall–Kier alpha value is 0.550. The van der Waals surface area contributed by atoms with Crippen LogP contribution >= 0.6 is 34.4 Å². The lowest BCUT2D eigenvalue weighted by Gasteiger charge is -2.29. The molecule has 130 valence electrons. The van der Waals surface area contributed by atoms with Crippen LogP contribution in [0, 0.1) is 0 Å². The van der Waals surface area contributed by atoms with Crippen LogP contribution in [0.25, 0.3) is 0 Å². The minimum Gasteiger partial charge on any atom is -0.396 e. The molecule has 0 atom stereocenters. The summed E-state index contributed by atoms with van der Waals surface area (Å²) in [6.07, 6.45) is -11.0. The molecule has 0 heterocycles. The van der Waals surface area contributed by atoms with Crippen LogP contribution in [0.2, 0.25) is 0 Å². The number of thioether (sulfide) groups is 1. The topological polar surface area (TPSA) is 20.2 Å². The zero-order valence-corrected chi connectivity index (χ0v) is 14.3. The summed E-state index contributed by atoms with van der Waals surface area (Å²) in [6, 6.07) is 0. The van der Waals surface area contributed by atoms with Gasteiger partial charge < -0.3 is 5.11 Å². The lowest BCUT2D eigenvalue weighted by Crippen LogP contribution is -2.53. The third-order valence-electron chi connectivity index (χ3n) is 2.21. The van der Waals surface area contributed by atoms with Gasteiger partial charge in [-0.2, -0.15) is 38.1 Å². The molecule has 0 saturated heterocycles. The summed E-state index contributed by atoms with van der Waals surface area (Å²) >= 11 is 3.01. The van der Waals surface area contributed by atoms with Crippen LogP contribution in [0.1, 0.15) is 26.2 Å². The number of aliphatic hydroxyl groups is 1. The number of hydrogen-bond donors (Lipinski definition) is 1. The molecule has 0 bridgehead atoms. The van der Waals surface area contributed by atoms with E-state index < -0.39 is 30.2 Å². The smallest absolute Gasteiger partial charge is 0.396 e. The van der Waals surface area contributed by atoms with Crippen LogP contribution in [0.4, 0.5) is 30.7 Å². The van der Waals surface area contributed by atoms with E-state index in [1.165, 1.54) is 17.3 Å². The Morgan fingerprint density at radius 2 is 1.43 bits per heavy atom. The van der Waals surface area contributed by atoms with Gasteiger partial charge in [-0.05, 0) is 16.6 Å². The maximum Gasteiger partial charge on any atom is 0.431 e. The van der Waals surface area contributed by atoms with Crippen molar-refractivity contribution < 1.29 is 35.8 Å². The van der Waals surface area contributed by atoms with E-state index in [2.05, 4.69) is 29.5 Å². The van der Waals surface area contributed by atoms with Crippen LogP contribution < -0.4 is 0 Å². The van der Waals surface area contributed by atoms with E-state index in [1.54, 1.807) is 0 Å². The summed E-state index contributed by atoms with van der Waals surface area (Å²) in [5, 5.41) is 8.26. The van der Waals surface area contributed by atoms with Crippen molar-refractivity contribution >= 4 is 34.4 Å². The van der Waals surface area contributed by atoms with Crippen molar-refractivity contribution in [1.82, 2.24) is 0 Å². The van der Waals surface area contributed by atoms with Gasteiger partial charge in [-0.25, -0.2) is 4.39 Å². The fourth-order valence-corrected chi connectivity index (χ4v) is 2.48. The Kier molecular flexibility index (Phi) is 12.6. The van der Waals surface area contributed by atoms with Crippen molar-refractivity contribution in [2.45, 2.75) is 44.2 Å². The molecule has 0 amide bonds. The zero-order valence-electron chi connectivity index (χ0n) is 11.3. The molecule has 0 radical (unpaired) electrons. The summed E-state index contributed by atoms with van der Waals surface area (Å²) in [7, 11) is 0. The zero-order chi connectivity index (χ0) is 17.2. The quantitative estimate of drug-likeness (QED) is 0.246. The molecule has 10 heteroatoms. The summed E-state index contributed by atoms with van der Waals surface area (Å²) < 4.78 is 86.0. The fraction of sp³-hybridized carbons (Fsp3) is 1.00. The molecule has 0 unspecified atom stereocenters. The number of unbranched alkanes of at least 4 members (excludes halogenated alkanes) is 1. The molecule has 0 aliphatic rings. The van der Waals surface area contributed by atoms with Gasteiger partial charge in [-0.3, -0.25) is 0 Å². The average molecular weight is 458 g/mol. The molecular weight excluding hydrogens is 440 g/mol. The molecule has 0 spiro atoms. The third kappa shape index (κ3) is 9.32. The molecule has 0 fully saturated rings. The summed E-state index contributed by atoms with van der Waals surface area (Å²) in [6.45, 7) is 1.82. The third-order valence-corrected chi connectivity index (χ3v) is 3.94. The van der Waals surface area contributed by atoms with Crippen molar-refractivity contribution in [1.29, 1.82) is 0 Å². The van der Waals surface area contributed by atoms with Crippen molar-refractivity contribution in [3.63, 3.8) is 0 Å². The second-order valence-corrected chi connectivity index (χ2v) is 6.23. The van der Waals surface area contributed by atoms with E-state index in [0.29, 0.717) is 11.8 Å². The molecule has 0 rings (SSSR count). The van der Waals surface area contributed by atoms with Gasteiger partial charge in [0, 0.05) is 12.2 Å². The molecule has 21 heavy (non-hydrogen) atoms. The fourth-order valence-electron chi connectivity index (χ4n) is 0.957. The van der Waals surface area contributed by atoms with E-state index >= 15 is 0 Å². The van der Waals surface area contributed by atoms with E-state index in [-0.39, 0.29) is 12.4 Å². The van der Waals surface area contributed by atoms with E-state index in [1.807, 2.05) is 0 Å². The molecule has 0 saturated carbocycles. The van der Waals surface area contributed by atoms with Crippen LogP contribution in [0.3, 0.4) is 0 Å². The molecule has 0 aliphatic carbocycles. The maximum atomic E-state index is 12.9. The Morgan fingerprint density at radius 1 is 0.952 bits per heavy atom. The number of halogens is 8. The molecule has 1 nitrogen and oxygen atoms in total. The highest BCUT2D eigenvalue weighted by molar-refractivity contribution is 14.1. The first-order valence-corrected chi connectivity index (χ1v) is 8.72. The van der Waals surface area contributed by atoms with Crippen LogP contribution in [-0.2, 0) is 0 Å². The van der Waals surface area contributed by atoms with Gasteiger partial charge >= 0.3 is 12.4 Å². The molecule has 0 aliphatic heterocycles. The first-order valence-electron chi connectivity index (χ1n) is 6.04. The molecule has 0 aromatic heterocycles. The number of aliphatic hydroxyl groups excluding tert-OH is 1. The molecular formula is C11H18F7IOS. The van der Waals surface area contributed by atoms with Gasteiger partial charge in [0.25, 0.3) is 5.67 Å². The first-order chi connectivity index (χ1) is 9.47. The predicted molar refractivity (Wildman–Crippen MR) is 78.8 cm³/mol. The summed E-state index contributed by atoms with van der Waals surface area (Å²) in [5.41, 5.74) is -5.18. The van der Waals surface area contributed by atoms with E-state index in [0.717, 1.165) is 0 Å². The SMILES string of the molecule is CCCCI.OCCSCCC(F)(C(F)(F)F)C(F)(F)F. The molecule has 0 aromatic rings. The van der Waals surface area contributed by atoms with Crippen LogP contribution in [0.5, 0.6) is 0 Å². The van der Waals surface area contributed by atoms with Crippen molar-refractivity contribution in [3.05, 3.63) is 0 Å². The maximum absolute atomic E-state index is 12.9. The summed E-state index contributed by atoms with van der Waals surface area (Å²) in [4.78, 5) is 0. The normalized spacial score (nSPS) is 12.9. The number of rotatable bonds is 7. The lowest BCUT2D eigenvalue weighted by atomic mass is 10.0. The number of hydrogen-bond acceptors (Lipinski definition) is 2. The van der Waals surface area contributed by atoms with E-state index in [4.69, 9.17) is 5.11 Å². The molecule has 0 aromatic carbocycles. The minimum atomic E-state index is -5.98. The van der Waals surface area contributed by atoms with Crippen LogP contribution in [0.15, 0.2) is 0 Å². The number of alkyl halides is 8. The van der Waals surface area contributed by atoms with Gasteiger partial charge in [0.05, 0.1) is 6.61 Å². The monoisotopic (exact) mass is 458 g/mol. The second-order valence-electron chi connectivity index (χ2n) is 3.93. The highest BCUT2D eigenvalue weighted by Crippen LogP contribution is 2.48. The van der Waals surface area contributed by atoms with Gasteiger partial charge in [0.1, 0.15) is 0 Å². The molecule has 1 N–H and O–H groups in total. The Bertz CT molecular complexity index is 242. The Morgan fingerprint density at radius 3 is 1.67 bits per heavy atom. The second kappa shape index (κ2) is 11.1. The van der Waals surface area contributed by atoms with Crippen LogP contribution in [-0.4, -0.2) is 45.7 Å². The highest BCUT2D eigenvalue weighted by Gasteiger charge is 2.71. The first kappa shape index (κ1) is 23.8. The highest BCUT2D eigenvalue weighted by atomic mass is 127. The predicted octanol–water partition coefficient (Wildman–Crippen LogP) is 5.16. The van der Waals surface area contributed by atoms with E-state index in [9.17, 15) is 30.7 Å². The largest absolute Gasteiger partial charge is 0.431 e. The van der Waals surface area contributed by atoms with Gasteiger partial charge in [-0.1, -0.05) is 35.9 Å². The van der Waals surface area contributed by atoms with Gasteiger partial charge in [0.15, 0.2) is 0 Å². The summed E-state index contributed by atoms with van der Waals surface area (Å²) in [5.74, 6) is -0.706. The van der Waals surface area contributed by atoms with Crippen molar-refractivity contribution in [2.24, 2.45) is 0 Å². The van der Waals surface area contributed by atoms with Crippen molar-refractivity contribution in [3.8, 4) is 0 Å². The lowest BCUT2D eigenvalue weighted by molar-refractivity contribution is -0.341. The Balaban J connectivity index is 0. The van der Waals surface area contributed by atoms with Crippen molar-refractivity contribution in [2.75, 3.05) is 22.5 Å². The Labute approximate surface area is 137 Å².